The fraction of sp³-hybridized carbons (Fsp3) is 0.875. The Morgan fingerprint density at radius 1 is 0.941 bits per heavy atom. The smallest absolute Gasteiger partial charge is 0.169 e. The molecule has 3 N–H and O–H groups in total. The quantitative estimate of drug-likeness (QED) is 0.242. The van der Waals surface area contributed by atoms with Gasteiger partial charge in [0.1, 0.15) is 11.9 Å². The number of hydrogen-bond donors (Lipinski definition) is 2. The molecule has 7 fully saturated rings. The number of hydrogen-bond acceptors (Lipinski definition) is 11. The first kappa shape index (κ1) is 38.0. The maximum atomic E-state index is 13.3. The number of Topliss-reactive ketones (excluding diaryl/α,β-unsaturated/α-hetero) is 1. The number of nitrogens with two attached hydrogens (primary N) is 1. The molecule has 288 valence electrons. The molecule has 6 unspecified atom stereocenters. The highest BCUT2D eigenvalue weighted by atomic mass is 16.7. The van der Waals surface area contributed by atoms with E-state index in [0.717, 1.165) is 70.6 Å². The standard InChI is InChI=1S/C40H63NO10/c1-22-14-29(46-25(4)24(22)3)6-8-32-23(2)15-31(47-32)10-12-40-13-11-33(50-40)35-19-37(51-40)39-34(49-35)9-7-30(48-39)17-27(42)16-26-21-45-36(38(26)44-5)18-28(43)20-41/h22,25-26,28-39,43H,2-3,6-21,41H2,1,4-5H3/t22-,25-,26+,28?,29?,30?,31?,32?,33?,34+,35-,36-,37-,38-,39+,40+/m1/s1. The number of ether oxygens (including phenoxy) is 8. The average Bonchev–Trinajstić information content (AvgIpc) is 3.79. The van der Waals surface area contributed by atoms with Gasteiger partial charge < -0.3 is 48.7 Å². The Hall–Kier alpha value is -1.25. The average molecular weight is 718 g/mol. The van der Waals surface area contributed by atoms with Crippen LogP contribution in [0.25, 0.3) is 0 Å². The number of rotatable bonds is 14. The molecule has 4 bridgehead atoms. The summed E-state index contributed by atoms with van der Waals surface area (Å²) in [6, 6.07) is 0. The SMILES string of the molecule is C=C1CC(CC[C@]23CCC(O2)[C@H]2C[C@@H](O3)[C@H]3OC(CC(=O)C[C@H]4CO[C@H](CC(O)CN)[C@@H]4OC)CC[C@@H]3O2)OC1CCC1C[C@@H](C)C(=C)[C@@H](C)O1. The lowest BCUT2D eigenvalue weighted by atomic mass is 9.86. The van der Waals surface area contributed by atoms with Gasteiger partial charge in [-0.05, 0) is 75.4 Å². The maximum Gasteiger partial charge on any atom is 0.169 e. The van der Waals surface area contributed by atoms with Crippen LogP contribution in [0.1, 0.15) is 104 Å². The monoisotopic (exact) mass is 717 g/mol. The third kappa shape index (κ3) is 8.53. The Labute approximate surface area is 304 Å². The van der Waals surface area contributed by atoms with Crippen LogP contribution in [0.15, 0.2) is 24.3 Å². The first-order valence-corrected chi connectivity index (χ1v) is 19.9. The molecule has 11 nitrogen and oxygen atoms in total. The molecule has 7 aliphatic rings. The summed E-state index contributed by atoms with van der Waals surface area (Å²) in [5, 5.41) is 10.0. The largest absolute Gasteiger partial charge is 0.392 e. The van der Waals surface area contributed by atoms with Crippen molar-refractivity contribution in [2.24, 2.45) is 17.6 Å². The second-order valence-electron chi connectivity index (χ2n) is 16.8. The number of carbonyl (C=O) groups excluding carboxylic acids is 1. The van der Waals surface area contributed by atoms with Crippen LogP contribution >= 0.6 is 0 Å². The van der Waals surface area contributed by atoms with Crippen LogP contribution in [-0.4, -0.2) is 116 Å². The lowest BCUT2D eigenvalue weighted by Gasteiger charge is -2.47. The minimum atomic E-state index is -0.673. The first-order chi connectivity index (χ1) is 24.5. The number of aliphatic hydroxyl groups is 1. The Balaban J connectivity index is 0.900. The highest BCUT2D eigenvalue weighted by Crippen LogP contribution is 2.48. The zero-order chi connectivity index (χ0) is 35.9. The molecule has 0 aromatic heterocycles. The molecule has 0 saturated carbocycles. The molecular weight excluding hydrogens is 654 g/mol. The van der Waals surface area contributed by atoms with Gasteiger partial charge in [0.05, 0.1) is 79.9 Å². The van der Waals surface area contributed by atoms with E-state index in [2.05, 4.69) is 27.0 Å². The lowest BCUT2D eigenvalue weighted by molar-refractivity contribution is -0.276. The number of methoxy groups -OCH3 is 1. The molecule has 0 aliphatic carbocycles. The predicted octanol–water partition coefficient (Wildman–Crippen LogP) is 4.70. The van der Waals surface area contributed by atoms with Crippen molar-refractivity contribution in [2.45, 2.75) is 189 Å². The highest BCUT2D eigenvalue weighted by molar-refractivity contribution is 5.79. The van der Waals surface area contributed by atoms with E-state index in [0.29, 0.717) is 31.8 Å². The summed E-state index contributed by atoms with van der Waals surface area (Å²) in [5.74, 6) is -0.101. The van der Waals surface area contributed by atoms with Crippen LogP contribution in [-0.2, 0) is 42.7 Å². The third-order valence-corrected chi connectivity index (χ3v) is 13.0. The van der Waals surface area contributed by atoms with Gasteiger partial charge in [-0.25, -0.2) is 0 Å². The van der Waals surface area contributed by atoms with Gasteiger partial charge in [0, 0.05) is 58.1 Å². The molecule has 11 heteroatoms. The molecule has 7 aliphatic heterocycles. The van der Waals surface area contributed by atoms with Crippen molar-refractivity contribution < 1.29 is 47.8 Å². The second kappa shape index (κ2) is 16.2. The third-order valence-electron chi connectivity index (χ3n) is 13.0. The molecule has 0 spiro atoms. The van der Waals surface area contributed by atoms with Gasteiger partial charge in [0.2, 0.25) is 0 Å². The van der Waals surface area contributed by atoms with Gasteiger partial charge in [-0.3, -0.25) is 4.79 Å². The fourth-order valence-electron chi connectivity index (χ4n) is 10.1. The van der Waals surface area contributed by atoms with E-state index in [4.69, 9.17) is 43.6 Å². The Morgan fingerprint density at radius 2 is 1.76 bits per heavy atom. The van der Waals surface area contributed by atoms with Gasteiger partial charge in [0.15, 0.2) is 5.79 Å². The van der Waals surface area contributed by atoms with Crippen molar-refractivity contribution in [1.82, 2.24) is 0 Å². The van der Waals surface area contributed by atoms with E-state index in [9.17, 15) is 9.90 Å². The normalized spacial score (nSPS) is 45.8. The van der Waals surface area contributed by atoms with Crippen molar-refractivity contribution in [3.8, 4) is 0 Å². The summed E-state index contributed by atoms with van der Waals surface area (Å²) in [6.07, 6.45) is 9.37. The summed E-state index contributed by atoms with van der Waals surface area (Å²) in [4.78, 5) is 13.3. The van der Waals surface area contributed by atoms with Gasteiger partial charge in [0.25, 0.3) is 0 Å². The number of fused-ring (bicyclic) bond motifs is 7. The lowest BCUT2D eigenvalue weighted by Crippen LogP contribution is -2.56. The summed E-state index contributed by atoms with van der Waals surface area (Å²) < 4.78 is 51.4. The molecule has 0 aromatic rings. The van der Waals surface area contributed by atoms with Crippen LogP contribution in [0.3, 0.4) is 0 Å². The number of carbonyl (C=O) groups is 1. The highest BCUT2D eigenvalue weighted by Gasteiger charge is 2.56. The van der Waals surface area contributed by atoms with E-state index in [1.807, 2.05) is 0 Å². The number of ketones is 1. The van der Waals surface area contributed by atoms with Gasteiger partial charge in [-0.15, -0.1) is 0 Å². The molecule has 16 atom stereocenters. The van der Waals surface area contributed by atoms with E-state index >= 15 is 0 Å². The van der Waals surface area contributed by atoms with E-state index in [1.54, 1.807) is 7.11 Å². The Bertz CT molecular complexity index is 1230. The predicted molar refractivity (Wildman–Crippen MR) is 189 cm³/mol. The summed E-state index contributed by atoms with van der Waals surface area (Å²) in [7, 11) is 1.64. The van der Waals surface area contributed by atoms with Gasteiger partial charge in [-0.2, -0.15) is 0 Å². The minimum Gasteiger partial charge on any atom is -0.392 e. The fourth-order valence-corrected chi connectivity index (χ4v) is 10.1. The summed E-state index contributed by atoms with van der Waals surface area (Å²) >= 11 is 0. The van der Waals surface area contributed by atoms with Crippen LogP contribution in [0.5, 0.6) is 0 Å². The van der Waals surface area contributed by atoms with E-state index in [-0.39, 0.29) is 91.5 Å². The van der Waals surface area contributed by atoms with Crippen molar-refractivity contribution in [1.29, 1.82) is 0 Å². The van der Waals surface area contributed by atoms with Crippen molar-refractivity contribution >= 4 is 5.78 Å². The molecule has 0 aromatic carbocycles. The summed E-state index contributed by atoms with van der Waals surface area (Å²) in [6.45, 7) is 13.6. The number of aliphatic hydroxyl groups excluding tert-OH is 1. The van der Waals surface area contributed by atoms with Crippen LogP contribution in [0.4, 0.5) is 0 Å². The minimum absolute atomic E-state index is 0.00186. The van der Waals surface area contributed by atoms with Crippen molar-refractivity contribution in [2.75, 3.05) is 20.3 Å². The Kier molecular flexibility index (Phi) is 12.1. The zero-order valence-electron chi connectivity index (χ0n) is 31.1. The topological polar surface area (TPSA) is 137 Å². The molecule has 0 amide bonds. The Morgan fingerprint density at radius 3 is 2.55 bits per heavy atom. The van der Waals surface area contributed by atoms with Crippen molar-refractivity contribution in [3.05, 3.63) is 24.3 Å². The van der Waals surface area contributed by atoms with Crippen LogP contribution in [0.2, 0.25) is 0 Å². The van der Waals surface area contributed by atoms with Crippen LogP contribution < -0.4 is 5.73 Å². The zero-order valence-corrected chi connectivity index (χ0v) is 31.1. The molecule has 51 heavy (non-hydrogen) atoms. The van der Waals surface area contributed by atoms with Crippen LogP contribution in [0, 0.1) is 11.8 Å². The molecule has 7 saturated heterocycles. The van der Waals surface area contributed by atoms with Gasteiger partial charge in [-0.1, -0.05) is 20.1 Å². The van der Waals surface area contributed by atoms with Crippen molar-refractivity contribution in [3.63, 3.8) is 0 Å². The van der Waals surface area contributed by atoms with E-state index < -0.39 is 11.9 Å². The first-order valence-electron chi connectivity index (χ1n) is 19.9. The molecule has 7 rings (SSSR count). The molecular formula is C40H63NO10. The van der Waals surface area contributed by atoms with Gasteiger partial charge >= 0.3 is 0 Å². The maximum absolute atomic E-state index is 13.3. The molecule has 0 radical (unpaired) electrons. The second-order valence-corrected chi connectivity index (χ2v) is 16.8. The van der Waals surface area contributed by atoms with E-state index in [1.165, 1.54) is 11.1 Å². The summed E-state index contributed by atoms with van der Waals surface area (Å²) in [5.41, 5.74) is 7.98. The molecule has 7 heterocycles.